The molecular formula is C11H17N5O2S2. The maximum Gasteiger partial charge on any atom is 0.260 e. The van der Waals surface area contributed by atoms with E-state index in [1.807, 2.05) is 0 Å². The number of hydrogen-bond acceptors (Lipinski definition) is 6. The lowest BCUT2D eigenvalue weighted by molar-refractivity contribution is 0.569. The summed E-state index contributed by atoms with van der Waals surface area (Å²) in [6, 6.07) is 0.0368. The van der Waals surface area contributed by atoms with Crippen LogP contribution in [0.5, 0.6) is 0 Å². The lowest BCUT2D eigenvalue weighted by atomic mass is 10.2. The van der Waals surface area contributed by atoms with Crippen molar-refractivity contribution in [2.75, 3.05) is 5.43 Å². The van der Waals surface area contributed by atoms with Crippen molar-refractivity contribution in [1.29, 1.82) is 0 Å². The number of imidazole rings is 1. The number of nitrogen functional groups attached to an aromatic ring is 1. The van der Waals surface area contributed by atoms with E-state index >= 15 is 0 Å². The highest BCUT2D eigenvalue weighted by atomic mass is 32.2. The van der Waals surface area contributed by atoms with E-state index in [9.17, 15) is 8.42 Å². The van der Waals surface area contributed by atoms with Gasteiger partial charge in [-0.25, -0.2) is 19.0 Å². The standard InChI is InChI=1S/C11H17N5O2S2/c1-2-3-7-6-8(7)15-20(17,18)10-9(14-12)13-11-16(10)4-5-19-11/h4-5,7-8,14-15H,2-3,6,12H2,1H3. The fourth-order valence-corrected chi connectivity index (χ4v) is 4.79. The van der Waals surface area contributed by atoms with Gasteiger partial charge in [0.1, 0.15) is 0 Å². The first-order valence-electron chi connectivity index (χ1n) is 6.51. The summed E-state index contributed by atoms with van der Waals surface area (Å²) in [5.74, 6) is 6.01. The minimum atomic E-state index is -3.63. The van der Waals surface area contributed by atoms with Crippen LogP contribution in [0, 0.1) is 5.92 Å². The van der Waals surface area contributed by atoms with Gasteiger partial charge in [-0.15, -0.1) is 11.3 Å². The highest BCUT2D eigenvalue weighted by molar-refractivity contribution is 7.89. The summed E-state index contributed by atoms with van der Waals surface area (Å²) < 4.78 is 29.3. The number of aromatic nitrogens is 2. The molecule has 0 aromatic carbocycles. The molecule has 7 nitrogen and oxygen atoms in total. The number of nitrogens with one attached hydrogen (secondary N) is 2. The Bertz CT molecular complexity index is 720. The molecule has 2 atom stereocenters. The first-order chi connectivity index (χ1) is 9.56. The molecule has 0 radical (unpaired) electrons. The predicted octanol–water partition coefficient (Wildman–Crippen LogP) is 1.15. The Morgan fingerprint density at radius 2 is 2.40 bits per heavy atom. The number of thiazole rings is 1. The van der Waals surface area contributed by atoms with Gasteiger partial charge in [-0.05, 0) is 18.8 Å². The van der Waals surface area contributed by atoms with E-state index in [1.54, 1.807) is 16.0 Å². The number of sulfonamides is 1. The van der Waals surface area contributed by atoms with Crippen molar-refractivity contribution < 1.29 is 8.42 Å². The van der Waals surface area contributed by atoms with Crippen molar-refractivity contribution in [2.24, 2.45) is 11.8 Å². The minimum Gasteiger partial charge on any atom is -0.306 e. The van der Waals surface area contributed by atoms with Gasteiger partial charge in [0.25, 0.3) is 10.0 Å². The fourth-order valence-electron chi connectivity index (χ4n) is 2.45. The molecule has 0 amide bonds. The molecular weight excluding hydrogens is 298 g/mol. The number of hydrogen-bond donors (Lipinski definition) is 3. The minimum absolute atomic E-state index is 0.0368. The van der Waals surface area contributed by atoms with E-state index in [0.29, 0.717) is 10.9 Å². The lowest BCUT2D eigenvalue weighted by Crippen LogP contribution is -2.29. The van der Waals surface area contributed by atoms with Gasteiger partial charge in [0.05, 0.1) is 0 Å². The van der Waals surface area contributed by atoms with Crippen molar-refractivity contribution in [1.82, 2.24) is 14.1 Å². The van der Waals surface area contributed by atoms with E-state index in [2.05, 4.69) is 22.1 Å². The van der Waals surface area contributed by atoms with E-state index in [0.717, 1.165) is 19.3 Å². The number of rotatable bonds is 6. The van der Waals surface area contributed by atoms with Crippen molar-refractivity contribution >= 4 is 32.1 Å². The van der Waals surface area contributed by atoms with Gasteiger partial charge in [0.15, 0.2) is 10.8 Å². The smallest absolute Gasteiger partial charge is 0.260 e. The Morgan fingerprint density at radius 1 is 1.60 bits per heavy atom. The SMILES string of the molecule is CCCC1CC1NS(=O)(=O)c1c(NN)nc2sccn12. The summed E-state index contributed by atoms with van der Waals surface area (Å²) >= 11 is 1.36. The zero-order valence-corrected chi connectivity index (χ0v) is 12.7. The third kappa shape index (κ3) is 2.30. The molecule has 1 aliphatic rings. The molecule has 20 heavy (non-hydrogen) atoms. The van der Waals surface area contributed by atoms with Gasteiger partial charge in [-0.3, -0.25) is 4.40 Å². The van der Waals surface area contributed by atoms with E-state index in [4.69, 9.17) is 5.84 Å². The van der Waals surface area contributed by atoms with Gasteiger partial charge in [0, 0.05) is 17.6 Å². The van der Waals surface area contributed by atoms with Gasteiger partial charge in [-0.2, -0.15) is 4.98 Å². The molecule has 2 aromatic heterocycles. The summed E-state index contributed by atoms with van der Waals surface area (Å²) in [6.45, 7) is 2.10. The maximum atomic E-state index is 12.5. The van der Waals surface area contributed by atoms with Crippen molar-refractivity contribution in [2.45, 2.75) is 37.3 Å². The molecule has 110 valence electrons. The van der Waals surface area contributed by atoms with Crippen molar-refractivity contribution in [3.63, 3.8) is 0 Å². The molecule has 9 heteroatoms. The molecule has 1 aliphatic carbocycles. The third-order valence-corrected chi connectivity index (χ3v) is 5.77. The largest absolute Gasteiger partial charge is 0.306 e. The average molecular weight is 315 g/mol. The van der Waals surface area contributed by atoms with Crippen LogP contribution in [0.15, 0.2) is 16.6 Å². The fraction of sp³-hybridized carbons (Fsp3) is 0.545. The van der Waals surface area contributed by atoms with Gasteiger partial charge < -0.3 is 5.43 Å². The first-order valence-corrected chi connectivity index (χ1v) is 8.87. The second-order valence-electron chi connectivity index (χ2n) is 4.98. The Morgan fingerprint density at radius 3 is 3.10 bits per heavy atom. The zero-order valence-electron chi connectivity index (χ0n) is 11.0. The quantitative estimate of drug-likeness (QED) is 0.548. The molecule has 0 spiro atoms. The first kappa shape index (κ1) is 13.8. The summed E-state index contributed by atoms with van der Waals surface area (Å²) in [6.07, 6.45) is 4.71. The second-order valence-corrected chi connectivity index (χ2v) is 7.48. The molecule has 3 rings (SSSR count). The molecule has 0 aliphatic heterocycles. The predicted molar refractivity (Wildman–Crippen MR) is 78.0 cm³/mol. The summed E-state index contributed by atoms with van der Waals surface area (Å²) in [5.41, 5.74) is 2.36. The highest BCUT2D eigenvalue weighted by Crippen LogP contribution is 2.36. The Hall–Kier alpha value is -1.16. The van der Waals surface area contributed by atoms with E-state index < -0.39 is 10.0 Å². The van der Waals surface area contributed by atoms with Crippen LogP contribution in [-0.2, 0) is 10.0 Å². The topological polar surface area (TPSA) is 102 Å². The highest BCUT2D eigenvalue weighted by Gasteiger charge is 2.40. The number of fused-ring (bicyclic) bond motifs is 1. The summed E-state index contributed by atoms with van der Waals surface area (Å²) in [7, 11) is -3.63. The summed E-state index contributed by atoms with van der Waals surface area (Å²) in [5, 5.41) is 1.87. The Balaban J connectivity index is 1.91. The number of hydrazine groups is 1. The molecule has 2 unspecified atom stereocenters. The average Bonchev–Trinajstić information content (AvgIpc) is 2.83. The Labute approximate surface area is 121 Å². The summed E-state index contributed by atoms with van der Waals surface area (Å²) in [4.78, 5) is 4.76. The molecule has 0 bridgehead atoms. The molecule has 2 aromatic rings. The van der Waals surface area contributed by atoms with Crippen molar-refractivity contribution in [3.05, 3.63) is 11.6 Å². The monoisotopic (exact) mass is 315 g/mol. The normalized spacial score (nSPS) is 22.3. The van der Waals surface area contributed by atoms with Crippen LogP contribution >= 0.6 is 11.3 Å². The van der Waals surface area contributed by atoms with Crippen LogP contribution in [0.2, 0.25) is 0 Å². The van der Waals surface area contributed by atoms with Crippen LogP contribution in [0.3, 0.4) is 0 Å². The van der Waals surface area contributed by atoms with Crippen LogP contribution in [0.4, 0.5) is 5.82 Å². The Kier molecular flexibility index (Phi) is 3.44. The maximum absolute atomic E-state index is 12.5. The zero-order chi connectivity index (χ0) is 14.3. The molecule has 1 fully saturated rings. The molecule has 0 saturated heterocycles. The number of nitrogens with zero attached hydrogens (tertiary/aromatic N) is 2. The molecule has 4 N–H and O–H groups in total. The van der Waals surface area contributed by atoms with Crippen LogP contribution in [-0.4, -0.2) is 23.8 Å². The second kappa shape index (κ2) is 4.99. The number of nitrogens with two attached hydrogens (primary N) is 1. The van der Waals surface area contributed by atoms with Crippen LogP contribution in [0.1, 0.15) is 26.2 Å². The van der Waals surface area contributed by atoms with Crippen molar-refractivity contribution in [3.8, 4) is 0 Å². The molecule has 1 saturated carbocycles. The lowest BCUT2D eigenvalue weighted by Gasteiger charge is -2.07. The van der Waals surface area contributed by atoms with Gasteiger partial charge in [-0.1, -0.05) is 13.3 Å². The number of anilines is 1. The molecule has 2 heterocycles. The third-order valence-electron chi connectivity index (χ3n) is 3.50. The van der Waals surface area contributed by atoms with Gasteiger partial charge in [0.2, 0.25) is 5.03 Å². The van der Waals surface area contributed by atoms with E-state index in [1.165, 1.54) is 11.3 Å². The van der Waals surface area contributed by atoms with Crippen LogP contribution < -0.4 is 16.0 Å². The van der Waals surface area contributed by atoms with E-state index in [-0.39, 0.29) is 16.9 Å². The van der Waals surface area contributed by atoms with Crippen LogP contribution in [0.25, 0.3) is 4.96 Å². The van der Waals surface area contributed by atoms with Gasteiger partial charge >= 0.3 is 0 Å².